The summed E-state index contributed by atoms with van der Waals surface area (Å²) < 4.78 is 35.3. The van der Waals surface area contributed by atoms with Crippen molar-refractivity contribution >= 4 is 10.8 Å². The van der Waals surface area contributed by atoms with Crippen LogP contribution in [0.1, 0.15) is 82.6 Å². The molecule has 0 saturated heterocycles. The Morgan fingerprint density at radius 3 is 2.65 bits per heavy atom. The number of fused-ring (bicyclic) bond motifs is 2. The molecule has 2 aromatic carbocycles. The summed E-state index contributed by atoms with van der Waals surface area (Å²) in [6, 6.07) is 6.73. The molecule has 0 heterocycles. The van der Waals surface area contributed by atoms with Crippen LogP contribution >= 0.6 is 0 Å². The van der Waals surface area contributed by atoms with E-state index in [9.17, 15) is 4.39 Å². The van der Waals surface area contributed by atoms with Gasteiger partial charge in [-0.3, -0.25) is 0 Å². The highest BCUT2D eigenvalue weighted by molar-refractivity contribution is 5.85. The van der Waals surface area contributed by atoms with Crippen molar-refractivity contribution in [3.05, 3.63) is 54.1 Å². The molecule has 0 aromatic heterocycles. The first-order chi connectivity index (χ1) is 15.1. The maximum atomic E-state index is 15.5. The summed E-state index contributed by atoms with van der Waals surface area (Å²) in [5.41, 5.74) is 0.773. The second-order valence-corrected chi connectivity index (χ2v) is 9.78. The van der Waals surface area contributed by atoms with Gasteiger partial charge < -0.3 is 4.74 Å². The molecule has 4 atom stereocenters. The summed E-state index contributed by atoms with van der Waals surface area (Å²) in [7, 11) is 0. The Labute approximate surface area is 185 Å². The SMILES string of the molecule is C=CCOc1cc2ccc(C3CCC4CC(CCCCC)CCC4C3)c(F)c2cc1F. The van der Waals surface area contributed by atoms with Crippen LogP contribution in [0.5, 0.6) is 5.75 Å². The van der Waals surface area contributed by atoms with E-state index >= 15 is 4.39 Å². The molecule has 4 unspecified atom stereocenters. The normalized spacial score (nSPS) is 25.9. The molecular formula is C28H36F2O. The molecule has 0 N–H and O–H groups in total. The third-order valence-corrected chi connectivity index (χ3v) is 7.77. The van der Waals surface area contributed by atoms with Crippen LogP contribution in [0.4, 0.5) is 8.78 Å². The summed E-state index contributed by atoms with van der Waals surface area (Å²) in [5.74, 6) is 2.09. The fraction of sp³-hybridized carbons (Fsp3) is 0.571. The van der Waals surface area contributed by atoms with Gasteiger partial charge in [-0.1, -0.05) is 63.8 Å². The molecule has 0 amide bonds. The Bertz CT molecular complexity index is 906. The fourth-order valence-electron chi connectivity index (χ4n) is 6.09. The first-order valence-electron chi connectivity index (χ1n) is 12.3. The van der Waals surface area contributed by atoms with Crippen molar-refractivity contribution in [1.82, 2.24) is 0 Å². The molecule has 2 aliphatic carbocycles. The quantitative estimate of drug-likeness (QED) is 0.303. The summed E-state index contributed by atoms with van der Waals surface area (Å²) >= 11 is 0. The summed E-state index contributed by atoms with van der Waals surface area (Å²) in [5, 5.41) is 1.05. The summed E-state index contributed by atoms with van der Waals surface area (Å²) in [6.45, 7) is 6.09. The van der Waals surface area contributed by atoms with Crippen LogP contribution in [0.2, 0.25) is 0 Å². The lowest BCUT2D eigenvalue weighted by molar-refractivity contribution is 0.112. The van der Waals surface area contributed by atoms with Gasteiger partial charge in [0.2, 0.25) is 0 Å². The third-order valence-electron chi connectivity index (χ3n) is 7.77. The number of halogens is 2. The zero-order valence-corrected chi connectivity index (χ0v) is 18.8. The van der Waals surface area contributed by atoms with Crippen LogP contribution in [0.3, 0.4) is 0 Å². The molecule has 2 fully saturated rings. The van der Waals surface area contributed by atoms with E-state index in [4.69, 9.17) is 4.74 Å². The van der Waals surface area contributed by atoms with Crippen LogP contribution in [0, 0.1) is 29.4 Å². The fourth-order valence-corrected chi connectivity index (χ4v) is 6.09. The number of hydrogen-bond acceptors (Lipinski definition) is 1. The average Bonchev–Trinajstić information content (AvgIpc) is 2.78. The average molecular weight is 427 g/mol. The highest BCUT2D eigenvalue weighted by Crippen LogP contribution is 2.49. The van der Waals surface area contributed by atoms with E-state index in [0.29, 0.717) is 10.8 Å². The standard InChI is InChI=1S/C28H36F2O/c1-3-5-6-7-19-8-9-21-16-22(11-10-20(21)15-19)24-13-12-23-17-27(31-14-4-2)26(29)18-25(23)28(24)30/h4,12-13,17-22H,2-3,5-11,14-16H2,1H3. The maximum absolute atomic E-state index is 15.5. The van der Waals surface area contributed by atoms with Crippen molar-refractivity contribution in [3.63, 3.8) is 0 Å². The number of ether oxygens (including phenoxy) is 1. The van der Waals surface area contributed by atoms with Gasteiger partial charge in [-0.2, -0.15) is 0 Å². The molecule has 2 aliphatic rings. The van der Waals surface area contributed by atoms with Crippen LogP contribution < -0.4 is 4.74 Å². The minimum atomic E-state index is -0.518. The molecule has 31 heavy (non-hydrogen) atoms. The predicted octanol–water partition coefficient (Wildman–Crippen LogP) is 8.56. The highest BCUT2D eigenvalue weighted by Gasteiger charge is 2.36. The molecule has 2 saturated carbocycles. The molecule has 0 radical (unpaired) electrons. The molecule has 2 aromatic rings. The van der Waals surface area contributed by atoms with Crippen molar-refractivity contribution < 1.29 is 13.5 Å². The Hall–Kier alpha value is -1.90. The van der Waals surface area contributed by atoms with Gasteiger partial charge in [0.15, 0.2) is 11.6 Å². The van der Waals surface area contributed by atoms with Crippen molar-refractivity contribution in [2.24, 2.45) is 17.8 Å². The van der Waals surface area contributed by atoms with Gasteiger partial charge in [-0.05, 0) is 78.9 Å². The van der Waals surface area contributed by atoms with Gasteiger partial charge in [-0.25, -0.2) is 8.78 Å². The number of rotatable bonds is 8. The minimum absolute atomic E-state index is 0.149. The van der Waals surface area contributed by atoms with Gasteiger partial charge in [-0.15, -0.1) is 0 Å². The monoisotopic (exact) mass is 426 g/mol. The van der Waals surface area contributed by atoms with Crippen LogP contribution in [-0.2, 0) is 0 Å². The van der Waals surface area contributed by atoms with Crippen LogP contribution in [-0.4, -0.2) is 6.61 Å². The summed E-state index contributed by atoms with van der Waals surface area (Å²) in [4.78, 5) is 0. The van der Waals surface area contributed by atoms with Gasteiger partial charge in [0.25, 0.3) is 0 Å². The predicted molar refractivity (Wildman–Crippen MR) is 125 cm³/mol. The minimum Gasteiger partial charge on any atom is -0.486 e. The molecular weight excluding hydrogens is 390 g/mol. The van der Waals surface area contributed by atoms with E-state index in [1.807, 2.05) is 12.1 Å². The second-order valence-electron chi connectivity index (χ2n) is 9.78. The molecule has 3 heteroatoms. The van der Waals surface area contributed by atoms with Crippen molar-refractivity contribution in [2.45, 2.75) is 77.0 Å². The maximum Gasteiger partial charge on any atom is 0.165 e. The van der Waals surface area contributed by atoms with Gasteiger partial charge in [0.1, 0.15) is 12.4 Å². The van der Waals surface area contributed by atoms with Crippen molar-refractivity contribution in [3.8, 4) is 5.75 Å². The number of benzene rings is 2. The Kier molecular flexibility index (Phi) is 7.30. The van der Waals surface area contributed by atoms with E-state index in [-0.39, 0.29) is 24.1 Å². The van der Waals surface area contributed by atoms with Gasteiger partial charge in [0.05, 0.1) is 0 Å². The molecule has 1 nitrogen and oxygen atoms in total. The largest absolute Gasteiger partial charge is 0.486 e. The number of hydrogen-bond donors (Lipinski definition) is 0. The van der Waals surface area contributed by atoms with E-state index in [1.54, 1.807) is 12.1 Å². The van der Waals surface area contributed by atoms with Gasteiger partial charge >= 0.3 is 0 Å². The van der Waals surface area contributed by atoms with E-state index in [1.165, 1.54) is 57.4 Å². The van der Waals surface area contributed by atoms with E-state index in [0.717, 1.165) is 36.2 Å². The molecule has 0 bridgehead atoms. The van der Waals surface area contributed by atoms with Crippen LogP contribution in [0.15, 0.2) is 36.9 Å². The van der Waals surface area contributed by atoms with Gasteiger partial charge in [0, 0.05) is 5.39 Å². The molecule has 4 rings (SSSR count). The third kappa shape index (κ3) is 4.96. The number of unbranched alkanes of at least 4 members (excludes halogenated alkanes) is 2. The van der Waals surface area contributed by atoms with Crippen molar-refractivity contribution in [1.29, 1.82) is 0 Å². The smallest absolute Gasteiger partial charge is 0.165 e. The van der Waals surface area contributed by atoms with E-state index < -0.39 is 5.82 Å². The first kappa shape index (κ1) is 22.3. The van der Waals surface area contributed by atoms with E-state index in [2.05, 4.69) is 13.5 Å². The molecule has 168 valence electrons. The molecule has 0 spiro atoms. The zero-order valence-electron chi connectivity index (χ0n) is 18.8. The Balaban J connectivity index is 1.46. The Morgan fingerprint density at radius 1 is 1.03 bits per heavy atom. The highest BCUT2D eigenvalue weighted by atomic mass is 19.1. The summed E-state index contributed by atoms with van der Waals surface area (Å²) in [6.07, 6.45) is 14.3. The first-order valence-corrected chi connectivity index (χ1v) is 12.3. The van der Waals surface area contributed by atoms with Crippen LogP contribution in [0.25, 0.3) is 10.8 Å². The zero-order chi connectivity index (χ0) is 21.8. The lowest BCUT2D eigenvalue weighted by atomic mass is 9.63. The topological polar surface area (TPSA) is 9.23 Å². The Morgan fingerprint density at radius 2 is 1.84 bits per heavy atom. The lowest BCUT2D eigenvalue weighted by Gasteiger charge is -2.42. The molecule has 0 aliphatic heterocycles. The van der Waals surface area contributed by atoms with Crippen molar-refractivity contribution in [2.75, 3.05) is 6.61 Å². The second kappa shape index (κ2) is 10.1. The lowest BCUT2D eigenvalue weighted by Crippen LogP contribution is -2.30.